The number of carboxylic acids is 1. The number of benzene rings is 1. The van der Waals surface area contributed by atoms with Gasteiger partial charge in [0.1, 0.15) is 5.82 Å². The number of halogens is 2. The number of piperidine rings is 1. The minimum absolute atomic E-state index is 0.0346. The molecule has 1 aromatic heterocycles. The summed E-state index contributed by atoms with van der Waals surface area (Å²) < 4.78 is 14.8. The van der Waals surface area contributed by atoms with Crippen LogP contribution in [0, 0.1) is 18.7 Å². The zero-order valence-corrected chi connectivity index (χ0v) is 15.6. The lowest BCUT2D eigenvalue weighted by molar-refractivity contribution is -0.137. The molecule has 1 aliphatic heterocycles. The first-order valence-electron chi connectivity index (χ1n) is 8.75. The van der Waals surface area contributed by atoms with Crippen LogP contribution in [0.4, 0.5) is 4.39 Å². The summed E-state index contributed by atoms with van der Waals surface area (Å²) in [5, 5.41) is 16.8. The normalized spacial score (nSPS) is 17.1. The first kappa shape index (κ1) is 19.3. The molecule has 1 aliphatic rings. The van der Waals surface area contributed by atoms with E-state index in [1.807, 2.05) is 0 Å². The van der Waals surface area contributed by atoms with E-state index in [2.05, 4.69) is 10.3 Å². The number of carboxylic acid groups (broad SMARTS) is 1. The number of carbonyl (C=O) groups is 2. The minimum Gasteiger partial charge on any atom is -0.481 e. The number of carbonyl (C=O) groups excluding carboxylic acids is 1. The smallest absolute Gasteiger partial charge is 0.303 e. The van der Waals surface area contributed by atoms with E-state index in [9.17, 15) is 14.0 Å². The highest BCUT2D eigenvalue weighted by Crippen LogP contribution is 2.24. The molecule has 1 saturated heterocycles. The van der Waals surface area contributed by atoms with Gasteiger partial charge < -0.3 is 10.0 Å². The van der Waals surface area contributed by atoms with E-state index in [1.165, 1.54) is 22.9 Å². The fourth-order valence-electron chi connectivity index (χ4n) is 3.35. The van der Waals surface area contributed by atoms with Crippen molar-refractivity contribution in [2.24, 2.45) is 5.92 Å². The number of aromatic nitrogens is 3. The molecule has 1 N–H and O–H groups in total. The van der Waals surface area contributed by atoms with Crippen molar-refractivity contribution in [3.05, 3.63) is 40.4 Å². The number of likely N-dealkylation sites (tertiary alicyclic amines) is 1. The molecule has 1 unspecified atom stereocenters. The topological polar surface area (TPSA) is 88.3 Å². The lowest BCUT2D eigenvalue weighted by Crippen LogP contribution is -2.40. The Labute approximate surface area is 160 Å². The van der Waals surface area contributed by atoms with Crippen molar-refractivity contribution in [3.63, 3.8) is 0 Å². The van der Waals surface area contributed by atoms with Crippen LogP contribution in [0.25, 0.3) is 5.69 Å². The fraction of sp³-hybridized carbons (Fsp3) is 0.444. The Kier molecular flexibility index (Phi) is 5.74. The second kappa shape index (κ2) is 8.04. The van der Waals surface area contributed by atoms with Gasteiger partial charge in [-0.3, -0.25) is 9.59 Å². The molecule has 1 fully saturated rings. The third kappa shape index (κ3) is 4.27. The Bertz CT molecular complexity index is 870. The number of amides is 1. The molecule has 3 rings (SSSR count). The molecular formula is C18H20ClFN4O3. The van der Waals surface area contributed by atoms with Crippen molar-refractivity contribution in [3.8, 4) is 5.69 Å². The van der Waals surface area contributed by atoms with Crippen LogP contribution in [-0.2, 0) is 4.79 Å². The Morgan fingerprint density at radius 2 is 2.19 bits per heavy atom. The van der Waals surface area contributed by atoms with Gasteiger partial charge in [-0.2, -0.15) is 0 Å². The van der Waals surface area contributed by atoms with E-state index in [0.717, 1.165) is 12.8 Å². The van der Waals surface area contributed by atoms with E-state index in [-0.39, 0.29) is 29.0 Å². The predicted octanol–water partition coefficient (Wildman–Crippen LogP) is 3.09. The van der Waals surface area contributed by atoms with Crippen LogP contribution in [0.2, 0.25) is 5.02 Å². The van der Waals surface area contributed by atoms with Gasteiger partial charge in [-0.15, -0.1) is 5.10 Å². The third-order valence-corrected chi connectivity index (χ3v) is 5.11. The molecule has 0 aliphatic carbocycles. The van der Waals surface area contributed by atoms with E-state index in [1.54, 1.807) is 11.8 Å². The fourth-order valence-corrected chi connectivity index (χ4v) is 3.53. The summed E-state index contributed by atoms with van der Waals surface area (Å²) in [4.78, 5) is 25.4. The van der Waals surface area contributed by atoms with Crippen LogP contribution in [0.5, 0.6) is 0 Å². The van der Waals surface area contributed by atoms with E-state index in [0.29, 0.717) is 30.9 Å². The van der Waals surface area contributed by atoms with Crippen LogP contribution >= 0.6 is 11.6 Å². The lowest BCUT2D eigenvalue weighted by Gasteiger charge is -2.32. The average Bonchev–Trinajstić information content (AvgIpc) is 3.03. The summed E-state index contributed by atoms with van der Waals surface area (Å²) in [5.41, 5.74) is 1.29. The van der Waals surface area contributed by atoms with Crippen molar-refractivity contribution in [1.82, 2.24) is 19.9 Å². The summed E-state index contributed by atoms with van der Waals surface area (Å²) in [5.74, 6) is -1.41. The molecule has 0 saturated carbocycles. The Balaban J connectivity index is 1.76. The first-order valence-corrected chi connectivity index (χ1v) is 9.13. The SMILES string of the molecule is Cc1c(C(=O)N2CCCC(CCC(=O)O)C2)nnn1-c1ccc(F)c(Cl)c1. The summed E-state index contributed by atoms with van der Waals surface area (Å²) in [6.07, 6.45) is 2.40. The number of nitrogens with zero attached hydrogens (tertiary/aromatic N) is 4. The second-order valence-electron chi connectivity index (χ2n) is 6.73. The molecule has 2 heterocycles. The molecule has 144 valence electrons. The molecule has 7 nitrogen and oxygen atoms in total. The zero-order chi connectivity index (χ0) is 19.6. The quantitative estimate of drug-likeness (QED) is 0.841. The monoisotopic (exact) mass is 394 g/mol. The highest BCUT2D eigenvalue weighted by Gasteiger charge is 2.28. The maximum atomic E-state index is 13.4. The number of aliphatic carboxylic acids is 1. The van der Waals surface area contributed by atoms with Gasteiger partial charge in [0.2, 0.25) is 0 Å². The third-order valence-electron chi connectivity index (χ3n) is 4.82. The van der Waals surface area contributed by atoms with Crippen molar-refractivity contribution in [2.75, 3.05) is 13.1 Å². The highest BCUT2D eigenvalue weighted by atomic mass is 35.5. The minimum atomic E-state index is -0.824. The zero-order valence-electron chi connectivity index (χ0n) is 14.9. The molecule has 27 heavy (non-hydrogen) atoms. The van der Waals surface area contributed by atoms with Gasteiger partial charge in [-0.1, -0.05) is 16.8 Å². The number of hydrogen-bond donors (Lipinski definition) is 1. The lowest BCUT2D eigenvalue weighted by atomic mass is 9.93. The van der Waals surface area contributed by atoms with Crippen molar-refractivity contribution in [2.45, 2.75) is 32.6 Å². The molecule has 2 aromatic rings. The Hall–Kier alpha value is -2.48. The van der Waals surface area contributed by atoms with E-state index in [4.69, 9.17) is 16.7 Å². The van der Waals surface area contributed by atoms with E-state index >= 15 is 0 Å². The second-order valence-corrected chi connectivity index (χ2v) is 7.13. The van der Waals surface area contributed by atoms with Gasteiger partial charge in [0.15, 0.2) is 5.69 Å². The number of hydrogen-bond acceptors (Lipinski definition) is 4. The average molecular weight is 395 g/mol. The summed E-state index contributed by atoms with van der Waals surface area (Å²) in [6, 6.07) is 4.17. The van der Waals surface area contributed by atoms with Crippen LogP contribution < -0.4 is 0 Å². The summed E-state index contributed by atoms with van der Waals surface area (Å²) in [7, 11) is 0. The van der Waals surface area contributed by atoms with Crippen LogP contribution in [0.1, 0.15) is 41.9 Å². The molecule has 9 heteroatoms. The van der Waals surface area contributed by atoms with Gasteiger partial charge in [0.25, 0.3) is 5.91 Å². The van der Waals surface area contributed by atoms with Gasteiger partial charge in [-0.05, 0) is 50.3 Å². The van der Waals surface area contributed by atoms with Crippen LogP contribution in [-0.4, -0.2) is 50.0 Å². The maximum Gasteiger partial charge on any atom is 0.303 e. The Morgan fingerprint density at radius 1 is 1.41 bits per heavy atom. The standard InChI is InChI=1S/C18H20ClFN4O3/c1-11-17(21-22-24(11)13-5-6-15(20)14(19)9-13)18(27)23-8-2-3-12(10-23)4-7-16(25)26/h5-6,9,12H,2-4,7-8,10H2,1H3,(H,25,26). The molecule has 0 bridgehead atoms. The maximum absolute atomic E-state index is 13.4. The van der Waals surface area contributed by atoms with Crippen LogP contribution in [0.15, 0.2) is 18.2 Å². The molecule has 0 spiro atoms. The van der Waals surface area contributed by atoms with Crippen molar-refractivity contribution in [1.29, 1.82) is 0 Å². The summed E-state index contributed by atoms with van der Waals surface area (Å²) in [6.45, 7) is 2.84. The van der Waals surface area contributed by atoms with Gasteiger partial charge in [-0.25, -0.2) is 9.07 Å². The molecule has 1 amide bonds. The van der Waals surface area contributed by atoms with Gasteiger partial charge in [0.05, 0.1) is 16.4 Å². The van der Waals surface area contributed by atoms with Crippen molar-refractivity contribution < 1.29 is 19.1 Å². The molecule has 0 radical (unpaired) electrons. The summed E-state index contributed by atoms with van der Waals surface area (Å²) >= 11 is 5.82. The predicted molar refractivity (Wildman–Crippen MR) is 96.6 cm³/mol. The highest BCUT2D eigenvalue weighted by molar-refractivity contribution is 6.30. The van der Waals surface area contributed by atoms with Crippen molar-refractivity contribution >= 4 is 23.5 Å². The molecule has 1 aromatic carbocycles. The van der Waals surface area contributed by atoms with Crippen LogP contribution in [0.3, 0.4) is 0 Å². The van der Waals surface area contributed by atoms with E-state index < -0.39 is 11.8 Å². The Morgan fingerprint density at radius 3 is 2.89 bits per heavy atom. The van der Waals surface area contributed by atoms with Gasteiger partial charge in [0, 0.05) is 19.5 Å². The molecule has 1 atom stereocenters. The van der Waals surface area contributed by atoms with Gasteiger partial charge >= 0.3 is 5.97 Å². The molecular weight excluding hydrogens is 375 g/mol. The largest absolute Gasteiger partial charge is 0.481 e. The number of rotatable bonds is 5. The first-order chi connectivity index (χ1) is 12.9.